The zero-order valence-electron chi connectivity index (χ0n) is 13.2. The number of nitrogens with one attached hydrogen (secondary N) is 2. The van der Waals surface area contributed by atoms with Gasteiger partial charge in [0, 0.05) is 18.0 Å². The van der Waals surface area contributed by atoms with E-state index in [0.717, 1.165) is 0 Å². The molecule has 0 aliphatic carbocycles. The van der Waals surface area contributed by atoms with Gasteiger partial charge in [0.25, 0.3) is 0 Å². The number of rotatable bonds is 3. The minimum atomic E-state index is -5.27. The summed E-state index contributed by atoms with van der Waals surface area (Å²) in [7, 11) is 0. The second-order valence-electron chi connectivity index (χ2n) is 5.83. The average molecular weight is 365 g/mol. The third kappa shape index (κ3) is 3.01. The van der Waals surface area contributed by atoms with E-state index in [4.69, 9.17) is 0 Å². The number of carbonyl (C=O) groups excluding carboxylic acids is 2. The molecule has 2 heterocycles. The number of amides is 2. The average Bonchev–Trinajstić information content (AvgIpc) is 2.61. The predicted octanol–water partition coefficient (Wildman–Crippen LogP) is 2.19. The first-order valence-corrected chi connectivity index (χ1v) is 7.61. The lowest BCUT2D eigenvalue weighted by molar-refractivity contribution is -0.287. The first-order chi connectivity index (χ1) is 12.2. The topological polar surface area (TPSA) is 91.3 Å². The summed E-state index contributed by atoms with van der Waals surface area (Å²) in [5.74, 6) is -3.00. The highest BCUT2D eigenvalue weighted by molar-refractivity contribution is 6.00. The smallest absolute Gasteiger partial charge is 0.363 e. The number of urea groups is 1. The summed E-state index contributed by atoms with van der Waals surface area (Å²) in [6.45, 7) is 0. The van der Waals surface area contributed by atoms with Gasteiger partial charge < -0.3 is 15.7 Å². The molecule has 0 spiro atoms. The second kappa shape index (κ2) is 6.41. The largest absolute Gasteiger partial charge is 0.437 e. The molecule has 26 heavy (non-hydrogen) atoms. The molecule has 2 amide bonds. The fraction of sp³-hybridized carbons (Fsp3) is 0.235. The van der Waals surface area contributed by atoms with Crippen molar-refractivity contribution >= 4 is 11.8 Å². The normalized spacial score (nSPS) is 25.9. The number of alkyl halides is 3. The number of hydrogen-bond acceptors (Lipinski definition) is 4. The van der Waals surface area contributed by atoms with Crippen LogP contribution in [0.4, 0.5) is 18.0 Å². The molecular weight excluding hydrogens is 351 g/mol. The van der Waals surface area contributed by atoms with Gasteiger partial charge in [0.05, 0.1) is 6.04 Å². The summed E-state index contributed by atoms with van der Waals surface area (Å²) in [6, 6.07) is 7.41. The molecule has 6 nitrogen and oxygen atoms in total. The molecule has 0 saturated carbocycles. The Labute approximate surface area is 146 Å². The lowest BCUT2D eigenvalue weighted by Crippen LogP contribution is -2.72. The van der Waals surface area contributed by atoms with Gasteiger partial charge in [-0.25, -0.2) is 4.79 Å². The van der Waals surface area contributed by atoms with E-state index in [1.54, 1.807) is 6.07 Å². The van der Waals surface area contributed by atoms with Gasteiger partial charge in [-0.15, -0.1) is 0 Å². The lowest BCUT2D eigenvalue weighted by atomic mass is 9.77. The van der Waals surface area contributed by atoms with E-state index in [2.05, 4.69) is 10.3 Å². The number of ketones is 1. The number of halogens is 3. The van der Waals surface area contributed by atoms with Gasteiger partial charge in [-0.3, -0.25) is 9.78 Å². The van der Waals surface area contributed by atoms with Crippen LogP contribution in [0.1, 0.15) is 22.0 Å². The maximum absolute atomic E-state index is 13.7. The number of nitrogens with zero attached hydrogens (tertiary/aromatic N) is 1. The Kier molecular flexibility index (Phi) is 4.41. The van der Waals surface area contributed by atoms with Gasteiger partial charge in [0.15, 0.2) is 5.78 Å². The van der Waals surface area contributed by atoms with Crippen LogP contribution in [0.5, 0.6) is 0 Å². The molecular formula is C17H14F3N3O3. The quantitative estimate of drug-likeness (QED) is 0.727. The highest BCUT2D eigenvalue weighted by Crippen LogP contribution is 2.43. The van der Waals surface area contributed by atoms with Crippen molar-refractivity contribution in [1.29, 1.82) is 0 Å². The molecule has 1 aromatic carbocycles. The van der Waals surface area contributed by atoms with Crippen molar-refractivity contribution in [1.82, 2.24) is 15.6 Å². The van der Waals surface area contributed by atoms with E-state index >= 15 is 0 Å². The second-order valence-corrected chi connectivity index (χ2v) is 5.83. The van der Waals surface area contributed by atoms with Gasteiger partial charge in [0.2, 0.25) is 5.72 Å². The van der Waals surface area contributed by atoms with Crippen LogP contribution in [0.2, 0.25) is 0 Å². The summed E-state index contributed by atoms with van der Waals surface area (Å²) in [6.07, 6.45) is -2.63. The Balaban J connectivity index is 2.15. The zero-order chi connectivity index (χ0) is 18.9. The van der Waals surface area contributed by atoms with Gasteiger partial charge in [-0.05, 0) is 17.7 Å². The van der Waals surface area contributed by atoms with Crippen LogP contribution in [0.15, 0.2) is 54.9 Å². The van der Waals surface area contributed by atoms with Gasteiger partial charge in [0.1, 0.15) is 5.92 Å². The maximum Gasteiger partial charge on any atom is 0.437 e. The fourth-order valence-electron chi connectivity index (χ4n) is 2.97. The molecule has 1 aliphatic rings. The molecule has 0 radical (unpaired) electrons. The van der Waals surface area contributed by atoms with Crippen LogP contribution < -0.4 is 10.6 Å². The minimum absolute atomic E-state index is 0.0165. The molecule has 1 aliphatic heterocycles. The van der Waals surface area contributed by atoms with E-state index in [-0.39, 0.29) is 11.1 Å². The van der Waals surface area contributed by atoms with Gasteiger partial charge in [-0.1, -0.05) is 30.3 Å². The van der Waals surface area contributed by atoms with Crippen molar-refractivity contribution in [2.75, 3.05) is 0 Å². The Morgan fingerprint density at radius 2 is 1.73 bits per heavy atom. The third-order valence-electron chi connectivity index (χ3n) is 4.21. The Hall–Kier alpha value is -2.94. The van der Waals surface area contributed by atoms with E-state index < -0.39 is 35.7 Å². The highest BCUT2D eigenvalue weighted by atomic mass is 19.4. The number of benzene rings is 1. The predicted molar refractivity (Wildman–Crippen MR) is 83.9 cm³/mol. The summed E-state index contributed by atoms with van der Waals surface area (Å²) >= 11 is 0. The molecule has 136 valence electrons. The van der Waals surface area contributed by atoms with Crippen LogP contribution in [-0.4, -0.2) is 33.8 Å². The fourth-order valence-corrected chi connectivity index (χ4v) is 2.97. The molecule has 2 aromatic rings. The van der Waals surface area contributed by atoms with E-state index in [0.29, 0.717) is 0 Å². The maximum atomic E-state index is 13.7. The van der Waals surface area contributed by atoms with Crippen molar-refractivity contribution in [2.24, 2.45) is 5.92 Å². The van der Waals surface area contributed by atoms with Crippen LogP contribution in [-0.2, 0) is 0 Å². The number of hydrogen-bond donors (Lipinski definition) is 3. The molecule has 0 unspecified atom stereocenters. The van der Waals surface area contributed by atoms with Crippen LogP contribution in [0.3, 0.4) is 0 Å². The molecule has 1 aromatic heterocycles. The number of Topliss-reactive ketones (excluding diaryl/α,β-unsaturated/α-hetero) is 1. The molecule has 1 saturated heterocycles. The van der Waals surface area contributed by atoms with E-state index in [1.165, 1.54) is 54.1 Å². The number of aliphatic hydroxyl groups is 1. The summed E-state index contributed by atoms with van der Waals surface area (Å²) in [5.41, 5.74) is -3.53. The highest BCUT2D eigenvalue weighted by Gasteiger charge is 2.66. The summed E-state index contributed by atoms with van der Waals surface area (Å²) in [5, 5.41) is 14.1. The molecule has 3 atom stereocenters. The van der Waals surface area contributed by atoms with Gasteiger partial charge in [-0.2, -0.15) is 13.2 Å². The molecule has 3 N–H and O–H groups in total. The summed E-state index contributed by atoms with van der Waals surface area (Å²) in [4.78, 5) is 28.5. The first kappa shape index (κ1) is 17.9. The standard InChI is InChI=1S/C17H14F3N3O3/c18-17(19,20)16(26)12(14(24)11-4-2-1-3-5-11)13(22-15(25)23-16)10-6-8-21-9-7-10/h1-9,12-13,26H,(H2,22,23,25)/t12-,13+,16-/m0/s1. The van der Waals surface area contributed by atoms with E-state index in [9.17, 15) is 27.9 Å². The SMILES string of the molecule is O=C1N[C@H](c2ccncc2)[C@@H](C(=O)c2ccccc2)[C@](O)(C(F)(F)F)N1. The molecule has 9 heteroatoms. The minimum Gasteiger partial charge on any atom is -0.363 e. The molecule has 3 rings (SSSR count). The first-order valence-electron chi connectivity index (χ1n) is 7.61. The van der Waals surface area contributed by atoms with Crippen LogP contribution >= 0.6 is 0 Å². The number of carbonyl (C=O) groups is 2. The van der Waals surface area contributed by atoms with Gasteiger partial charge >= 0.3 is 12.2 Å². The van der Waals surface area contributed by atoms with Crippen molar-refractivity contribution in [3.05, 3.63) is 66.0 Å². The van der Waals surface area contributed by atoms with Crippen LogP contribution in [0.25, 0.3) is 0 Å². The Morgan fingerprint density at radius 3 is 2.31 bits per heavy atom. The number of pyridine rings is 1. The van der Waals surface area contributed by atoms with Crippen LogP contribution in [0, 0.1) is 5.92 Å². The van der Waals surface area contributed by atoms with Crippen molar-refractivity contribution in [3.8, 4) is 0 Å². The molecule has 0 bridgehead atoms. The van der Waals surface area contributed by atoms with E-state index in [1.807, 2.05) is 0 Å². The number of aromatic nitrogens is 1. The Morgan fingerprint density at radius 1 is 1.12 bits per heavy atom. The van der Waals surface area contributed by atoms with Crippen molar-refractivity contribution < 1.29 is 27.9 Å². The monoisotopic (exact) mass is 365 g/mol. The summed E-state index contributed by atoms with van der Waals surface area (Å²) < 4.78 is 41.0. The van der Waals surface area contributed by atoms with Crippen molar-refractivity contribution in [2.45, 2.75) is 17.9 Å². The van der Waals surface area contributed by atoms with Crippen molar-refractivity contribution in [3.63, 3.8) is 0 Å². The Bertz CT molecular complexity index is 814. The molecule has 1 fully saturated rings. The third-order valence-corrected chi connectivity index (χ3v) is 4.21. The lowest BCUT2D eigenvalue weighted by Gasteiger charge is -2.45. The zero-order valence-corrected chi connectivity index (χ0v) is 13.2.